The predicted octanol–water partition coefficient (Wildman–Crippen LogP) is 3.18. The van der Waals surface area contributed by atoms with E-state index in [-0.39, 0.29) is 30.4 Å². The normalized spacial score (nSPS) is 12.3. The quantitative estimate of drug-likeness (QED) is 0.731. The van der Waals surface area contributed by atoms with Gasteiger partial charge < -0.3 is 9.47 Å². The fraction of sp³-hybridized carbons (Fsp3) is 0.500. The maximum absolute atomic E-state index is 12.9. The molecule has 3 nitrogen and oxygen atoms in total. The van der Waals surface area contributed by atoms with E-state index in [1.165, 1.54) is 12.1 Å². The van der Waals surface area contributed by atoms with Gasteiger partial charge >= 0.3 is 5.97 Å². The van der Waals surface area contributed by atoms with Crippen molar-refractivity contribution in [1.29, 1.82) is 0 Å². The zero-order valence-corrected chi connectivity index (χ0v) is 11.0. The molecule has 0 aromatic heterocycles. The van der Waals surface area contributed by atoms with Crippen LogP contribution in [-0.4, -0.2) is 18.7 Å². The smallest absolute Gasteiger partial charge is 0.306 e. The Hall–Kier alpha value is -1.58. The molecular weight excluding hydrogens is 235 g/mol. The number of rotatable bonds is 6. The van der Waals surface area contributed by atoms with Crippen LogP contribution in [0.4, 0.5) is 4.39 Å². The van der Waals surface area contributed by atoms with Crippen molar-refractivity contribution < 1.29 is 18.7 Å². The van der Waals surface area contributed by atoms with Crippen LogP contribution in [-0.2, 0) is 9.53 Å². The molecule has 1 rings (SSSR count). The molecule has 0 radical (unpaired) electrons. The van der Waals surface area contributed by atoms with Gasteiger partial charge in [-0.1, -0.05) is 19.9 Å². The van der Waals surface area contributed by atoms with E-state index in [4.69, 9.17) is 9.47 Å². The molecule has 0 aliphatic carbocycles. The van der Waals surface area contributed by atoms with Gasteiger partial charge in [-0.05, 0) is 25.0 Å². The van der Waals surface area contributed by atoms with Crippen molar-refractivity contribution in [2.45, 2.75) is 33.3 Å². The predicted molar refractivity (Wildman–Crippen MR) is 66.9 cm³/mol. The van der Waals surface area contributed by atoms with Crippen molar-refractivity contribution in [1.82, 2.24) is 0 Å². The average Bonchev–Trinajstić information content (AvgIpc) is 2.25. The first kappa shape index (κ1) is 14.5. The Morgan fingerprint density at radius 1 is 1.33 bits per heavy atom. The van der Waals surface area contributed by atoms with Gasteiger partial charge in [-0.15, -0.1) is 0 Å². The number of carbonyl (C=O) groups is 1. The van der Waals surface area contributed by atoms with Crippen LogP contribution in [0, 0.1) is 11.7 Å². The first-order valence-corrected chi connectivity index (χ1v) is 6.05. The largest absolute Gasteiger partial charge is 0.490 e. The van der Waals surface area contributed by atoms with Crippen molar-refractivity contribution >= 4 is 5.97 Å². The number of esters is 1. The molecule has 0 spiro atoms. The highest BCUT2D eigenvalue weighted by Crippen LogP contribution is 2.12. The minimum Gasteiger partial charge on any atom is -0.490 e. The molecular formula is C14H19FO3. The molecule has 0 bridgehead atoms. The zero-order chi connectivity index (χ0) is 13.5. The minimum atomic E-state index is -0.350. The monoisotopic (exact) mass is 254 g/mol. The Kier molecular flexibility index (Phi) is 5.62. The Bertz CT molecular complexity index is 390. The van der Waals surface area contributed by atoms with Crippen LogP contribution in [0.15, 0.2) is 24.3 Å². The molecule has 100 valence electrons. The molecule has 0 heterocycles. The molecule has 0 aliphatic heterocycles. The van der Waals surface area contributed by atoms with E-state index in [1.54, 1.807) is 19.1 Å². The van der Waals surface area contributed by atoms with Gasteiger partial charge in [-0.2, -0.15) is 0 Å². The number of carbonyl (C=O) groups excluding carboxylic acids is 1. The lowest BCUT2D eigenvalue weighted by molar-refractivity contribution is -0.150. The third-order valence-electron chi connectivity index (χ3n) is 2.19. The SMILES string of the molecule is CC(C)CC(=O)OC(C)COc1cccc(F)c1. The van der Waals surface area contributed by atoms with Crippen molar-refractivity contribution in [3.05, 3.63) is 30.1 Å². The summed E-state index contributed by atoms with van der Waals surface area (Å²) in [5.74, 6) is 0.118. The molecule has 4 heteroatoms. The maximum Gasteiger partial charge on any atom is 0.306 e. The lowest BCUT2D eigenvalue weighted by Gasteiger charge is -2.15. The molecule has 0 saturated carbocycles. The first-order valence-electron chi connectivity index (χ1n) is 6.05. The highest BCUT2D eigenvalue weighted by atomic mass is 19.1. The fourth-order valence-electron chi connectivity index (χ4n) is 1.41. The maximum atomic E-state index is 12.9. The second-order valence-electron chi connectivity index (χ2n) is 4.67. The highest BCUT2D eigenvalue weighted by Gasteiger charge is 2.11. The van der Waals surface area contributed by atoms with Gasteiger partial charge in [-0.3, -0.25) is 4.79 Å². The number of hydrogen-bond acceptors (Lipinski definition) is 3. The van der Waals surface area contributed by atoms with Crippen molar-refractivity contribution in [2.75, 3.05) is 6.61 Å². The standard InChI is InChI=1S/C14H19FO3/c1-10(2)7-14(16)18-11(3)9-17-13-6-4-5-12(15)8-13/h4-6,8,10-11H,7,9H2,1-3H3. The van der Waals surface area contributed by atoms with Gasteiger partial charge in [0.05, 0.1) is 0 Å². The summed E-state index contributed by atoms with van der Waals surface area (Å²) in [6, 6.07) is 5.87. The molecule has 18 heavy (non-hydrogen) atoms. The summed E-state index contributed by atoms with van der Waals surface area (Å²) in [4.78, 5) is 11.4. The van der Waals surface area contributed by atoms with Crippen molar-refractivity contribution in [3.8, 4) is 5.75 Å². The summed E-state index contributed by atoms with van der Waals surface area (Å²) in [5, 5.41) is 0. The summed E-state index contributed by atoms with van der Waals surface area (Å²) < 4.78 is 23.4. The third kappa shape index (κ3) is 5.66. The van der Waals surface area contributed by atoms with Crippen LogP contribution >= 0.6 is 0 Å². The molecule has 1 aromatic rings. The van der Waals surface area contributed by atoms with E-state index in [2.05, 4.69) is 0 Å². The number of benzene rings is 1. The van der Waals surface area contributed by atoms with Crippen LogP contribution in [0.5, 0.6) is 5.75 Å². The summed E-state index contributed by atoms with van der Waals surface area (Å²) in [6.45, 7) is 5.87. The van der Waals surface area contributed by atoms with E-state index >= 15 is 0 Å². The summed E-state index contributed by atoms with van der Waals surface area (Å²) in [5.41, 5.74) is 0. The molecule has 0 saturated heterocycles. The van der Waals surface area contributed by atoms with E-state index in [1.807, 2.05) is 13.8 Å². The van der Waals surface area contributed by atoms with E-state index in [9.17, 15) is 9.18 Å². The molecule has 0 aliphatic rings. The van der Waals surface area contributed by atoms with Crippen LogP contribution in [0.3, 0.4) is 0 Å². The Morgan fingerprint density at radius 2 is 2.06 bits per heavy atom. The van der Waals surface area contributed by atoms with Crippen LogP contribution < -0.4 is 4.74 Å². The molecule has 0 N–H and O–H groups in total. The van der Waals surface area contributed by atoms with Crippen LogP contribution in [0.25, 0.3) is 0 Å². The number of halogens is 1. The van der Waals surface area contributed by atoms with Crippen molar-refractivity contribution in [3.63, 3.8) is 0 Å². The third-order valence-corrected chi connectivity index (χ3v) is 2.19. The van der Waals surface area contributed by atoms with Gasteiger partial charge in [0.1, 0.15) is 24.3 Å². The summed E-state index contributed by atoms with van der Waals surface area (Å²) >= 11 is 0. The van der Waals surface area contributed by atoms with E-state index in [0.717, 1.165) is 0 Å². The Labute approximate surface area is 107 Å². The summed E-state index contributed by atoms with van der Waals surface area (Å²) in [6.07, 6.45) is 0.0455. The number of hydrogen-bond donors (Lipinski definition) is 0. The highest BCUT2D eigenvalue weighted by molar-refractivity contribution is 5.69. The number of ether oxygens (including phenoxy) is 2. The van der Waals surface area contributed by atoms with Gasteiger partial charge in [0.25, 0.3) is 0 Å². The topological polar surface area (TPSA) is 35.5 Å². The zero-order valence-electron chi connectivity index (χ0n) is 11.0. The molecule has 0 fully saturated rings. The van der Waals surface area contributed by atoms with Gasteiger partial charge in [0.15, 0.2) is 0 Å². The Morgan fingerprint density at radius 3 is 2.67 bits per heavy atom. The molecule has 1 atom stereocenters. The molecule has 0 amide bonds. The Balaban J connectivity index is 2.33. The van der Waals surface area contributed by atoms with Crippen LogP contribution in [0.1, 0.15) is 27.2 Å². The lowest BCUT2D eigenvalue weighted by Crippen LogP contribution is -2.22. The second-order valence-corrected chi connectivity index (χ2v) is 4.67. The summed E-state index contributed by atoms with van der Waals surface area (Å²) in [7, 11) is 0. The second kappa shape index (κ2) is 6.99. The molecule has 1 unspecified atom stereocenters. The van der Waals surface area contributed by atoms with E-state index < -0.39 is 0 Å². The van der Waals surface area contributed by atoms with Crippen LogP contribution in [0.2, 0.25) is 0 Å². The molecule has 1 aromatic carbocycles. The lowest BCUT2D eigenvalue weighted by atomic mass is 10.1. The van der Waals surface area contributed by atoms with Gasteiger partial charge in [0, 0.05) is 12.5 Å². The van der Waals surface area contributed by atoms with Gasteiger partial charge in [-0.25, -0.2) is 4.39 Å². The van der Waals surface area contributed by atoms with Crippen molar-refractivity contribution in [2.24, 2.45) is 5.92 Å². The fourth-order valence-corrected chi connectivity index (χ4v) is 1.41. The average molecular weight is 254 g/mol. The van der Waals surface area contributed by atoms with E-state index in [0.29, 0.717) is 12.2 Å². The van der Waals surface area contributed by atoms with Gasteiger partial charge in [0.2, 0.25) is 0 Å². The minimum absolute atomic E-state index is 0.216. The first-order chi connectivity index (χ1) is 8.47.